The molecule has 1 N–H and O–H groups in total. The molecule has 3 heterocycles. The van der Waals surface area contributed by atoms with Gasteiger partial charge in [0.2, 0.25) is 11.8 Å². The summed E-state index contributed by atoms with van der Waals surface area (Å²) < 4.78 is 26.2. The number of benzene rings is 1. The Kier molecular flexibility index (Phi) is 5.11. The number of halogens is 2. The van der Waals surface area contributed by atoms with Crippen LogP contribution in [0.1, 0.15) is 12.8 Å². The van der Waals surface area contributed by atoms with Gasteiger partial charge in [-0.15, -0.1) is 0 Å². The van der Waals surface area contributed by atoms with Crippen molar-refractivity contribution in [1.82, 2.24) is 19.9 Å². The summed E-state index contributed by atoms with van der Waals surface area (Å²) in [7, 11) is 1.81. The highest BCUT2D eigenvalue weighted by Gasteiger charge is 2.49. The second kappa shape index (κ2) is 7.96. The van der Waals surface area contributed by atoms with Gasteiger partial charge in [0.25, 0.3) is 0 Å². The molecular formula is C23H24F2N6O. The molecule has 7 nitrogen and oxygen atoms in total. The van der Waals surface area contributed by atoms with Crippen LogP contribution in [0.3, 0.4) is 0 Å². The Balaban J connectivity index is 1.26. The van der Waals surface area contributed by atoms with E-state index in [1.165, 1.54) is 0 Å². The molecule has 0 radical (unpaired) electrons. The molecule has 166 valence electrons. The molecule has 0 spiro atoms. The Hall–Kier alpha value is -3.36. The number of fused-ring (bicyclic) bond motifs is 1. The molecule has 1 aliphatic heterocycles. The first-order valence-corrected chi connectivity index (χ1v) is 10.7. The van der Waals surface area contributed by atoms with Gasteiger partial charge < -0.3 is 15.1 Å². The molecule has 2 fully saturated rings. The molecule has 5 rings (SSSR count). The van der Waals surface area contributed by atoms with Gasteiger partial charge in [-0.1, -0.05) is 12.1 Å². The van der Waals surface area contributed by atoms with E-state index < -0.39 is 11.8 Å². The third kappa shape index (κ3) is 3.83. The first-order valence-electron chi connectivity index (χ1n) is 10.7. The van der Waals surface area contributed by atoms with E-state index in [2.05, 4.69) is 25.2 Å². The summed E-state index contributed by atoms with van der Waals surface area (Å²) in [6.07, 6.45) is 2.69. The second-order valence-corrected chi connectivity index (χ2v) is 8.35. The largest absolute Gasteiger partial charge is 0.371 e. The summed E-state index contributed by atoms with van der Waals surface area (Å²) in [6.45, 7) is 2.47. The number of rotatable bonds is 4. The zero-order valence-corrected chi connectivity index (χ0v) is 17.8. The SMILES string of the molecule is CNc1nc(-c2ccc(N3CCN(C(=O)C4CC(F)(F)C4)CC3)cc2)cc2nccnc12. The van der Waals surface area contributed by atoms with E-state index in [-0.39, 0.29) is 18.7 Å². The van der Waals surface area contributed by atoms with Crippen molar-refractivity contribution in [3.63, 3.8) is 0 Å². The number of hydrogen-bond acceptors (Lipinski definition) is 6. The first-order chi connectivity index (χ1) is 15.4. The monoisotopic (exact) mass is 438 g/mol. The Morgan fingerprint density at radius 2 is 1.75 bits per heavy atom. The number of alkyl halides is 2. The number of pyridine rings is 1. The number of anilines is 2. The van der Waals surface area contributed by atoms with Gasteiger partial charge in [0.15, 0.2) is 5.82 Å². The molecule has 2 aliphatic rings. The minimum atomic E-state index is -2.66. The molecule has 2 aromatic heterocycles. The molecule has 3 aromatic rings. The first kappa shape index (κ1) is 20.5. The Bertz CT molecular complexity index is 1140. The van der Waals surface area contributed by atoms with Crippen molar-refractivity contribution in [2.45, 2.75) is 18.8 Å². The fourth-order valence-corrected chi connectivity index (χ4v) is 4.42. The molecule has 0 bridgehead atoms. The maximum atomic E-state index is 13.1. The molecule has 1 saturated heterocycles. The third-order valence-corrected chi connectivity index (χ3v) is 6.25. The van der Waals surface area contributed by atoms with E-state index in [0.29, 0.717) is 32.0 Å². The van der Waals surface area contributed by atoms with Crippen molar-refractivity contribution in [2.24, 2.45) is 5.92 Å². The summed E-state index contributed by atoms with van der Waals surface area (Å²) in [5.41, 5.74) is 4.34. The maximum Gasteiger partial charge on any atom is 0.249 e. The van der Waals surface area contributed by atoms with E-state index in [0.717, 1.165) is 28.0 Å². The van der Waals surface area contributed by atoms with Gasteiger partial charge in [-0.2, -0.15) is 0 Å². The van der Waals surface area contributed by atoms with Crippen LogP contribution >= 0.6 is 0 Å². The Labute approximate surface area is 184 Å². The predicted octanol–water partition coefficient (Wildman–Crippen LogP) is 3.43. The molecule has 0 unspecified atom stereocenters. The minimum Gasteiger partial charge on any atom is -0.371 e. The fraction of sp³-hybridized carbons (Fsp3) is 0.391. The Morgan fingerprint density at radius 3 is 2.41 bits per heavy atom. The van der Waals surface area contributed by atoms with Crippen molar-refractivity contribution in [1.29, 1.82) is 0 Å². The van der Waals surface area contributed by atoms with E-state index in [9.17, 15) is 13.6 Å². The van der Waals surface area contributed by atoms with Gasteiger partial charge in [-0.25, -0.2) is 18.7 Å². The molecule has 32 heavy (non-hydrogen) atoms. The van der Waals surface area contributed by atoms with Crippen LogP contribution in [0.25, 0.3) is 22.3 Å². The van der Waals surface area contributed by atoms with E-state index in [1.54, 1.807) is 17.3 Å². The van der Waals surface area contributed by atoms with Crippen molar-refractivity contribution in [3.05, 3.63) is 42.7 Å². The number of carbonyl (C=O) groups is 1. The smallest absolute Gasteiger partial charge is 0.249 e. The van der Waals surface area contributed by atoms with Gasteiger partial charge in [0.05, 0.1) is 11.2 Å². The summed E-state index contributed by atoms with van der Waals surface area (Å²) in [5, 5.41) is 3.08. The van der Waals surface area contributed by atoms with Crippen molar-refractivity contribution in [3.8, 4) is 11.3 Å². The third-order valence-electron chi connectivity index (χ3n) is 6.25. The zero-order valence-electron chi connectivity index (χ0n) is 17.8. The van der Waals surface area contributed by atoms with E-state index in [4.69, 9.17) is 0 Å². The highest BCUT2D eigenvalue weighted by molar-refractivity contribution is 5.88. The number of amides is 1. The van der Waals surface area contributed by atoms with Crippen LogP contribution in [0.15, 0.2) is 42.7 Å². The van der Waals surface area contributed by atoms with Gasteiger partial charge in [0, 0.05) is 75.6 Å². The molecule has 1 amide bonds. The Morgan fingerprint density at radius 1 is 1.06 bits per heavy atom. The lowest BCUT2D eigenvalue weighted by Gasteiger charge is -2.41. The quantitative estimate of drug-likeness (QED) is 0.673. The number of piperazine rings is 1. The molecular weight excluding hydrogens is 414 g/mol. The minimum absolute atomic E-state index is 0.128. The zero-order chi connectivity index (χ0) is 22.3. The highest BCUT2D eigenvalue weighted by Crippen LogP contribution is 2.43. The summed E-state index contributed by atoms with van der Waals surface area (Å²) in [6, 6.07) is 10.1. The number of carbonyl (C=O) groups excluding carboxylic acids is 1. The number of hydrogen-bond donors (Lipinski definition) is 1. The normalized spacial score (nSPS) is 18.5. The highest BCUT2D eigenvalue weighted by atomic mass is 19.3. The van der Waals surface area contributed by atoms with Crippen LogP contribution in [0.4, 0.5) is 20.3 Å². The van der Waals surface area contributed by atoms with Crippen LogP contribution in [0.5, 0.6) is 0 Å². The van der Waals surface area contributed by atoms with Crippen molar-refractivity contribution >= 4 is 28.4 Å². The van der Waals surface area contributed by atoms with Crippen molar-refractivity contribution in [2.75, 3.05) is 43.4 Å². The maximum absolute atomic E-state index is 13.1. The summed E-state index contributed by atoms with van der Waals surface area (Å²) in [4.78, 5) is 29.8. The number of nitrogens with one attached hydrogen (secondary N) is 1. The molecule has 1 aliphatic carbocycles. The lowest BCUT2D eigenvalue weighted by molar-refractivity contribution is -0.160. The molecule has 1 saturated carbocycles. The number of aromatic nitrogens is 3. The molecule has 0 atom stereocenters. The van der Waals surface area contributed by atoms with Crippen LogP contribution in [0.2, 0.25) is 0 Å². The van der Waals surface area contributed by atoms with Gasteiger partial charge in [-0.3, -0.25) is 9.78 Å². The van der Waals surface area contributed by atoms with Gasteiger partial charge >= 0.3 is 0 Å². The van der Waals surface area contributed by atoms with E-state index >= 15 is 0 Å². The standard InChI is InChI=1S/C23H24F2N6O/c1-26-21-20-19(27-6-7-28-20)12-18(29-21)15-2-4-17(5-3-15)30-8-10-31(11-9-30)22(32)16-13-23(24,25)14-16/h2-7,12,16H,8-11,13-14H2,1H3,(H,26,29). The van der Waals surface area contributed by atoms with Crippen LogP contribution in [0, 0.1) is 5.92 Å². The second-order valence-electron chi connectivity index (χ2n) is 8.35. The van der Waals surface area contributed by atoms with Crippen LogP contribution < -0.4 is 10.2 Å². The topological polar surface area (TPSA) is 74.2 Å². The lowest BCUT2D eigenvalue weighted by Crippen LogP contribution is -2.53. The average Bonchev–Trinajstić information content (AvgIpc) is 2.81. The van der Waals surface area contributed by atoms with Gasteiger partial charge in [-0.05, 0) is 18.2 Å². The van der Waals surface area contributed by atoms with E-state index in [1.807, 2.05) is 37.4 Å². The summed E-state index contributed by atoms with van der Waals surface area (Å²) in [5.74, 6) is -2.63. The predicted molar refractivity (Wildman–Crippen MR) is 119 cm³/mol. The number of nitrogens with zero attached hydrogens (tertiary/aromatic N) is 5. The van der Waals surface area contributed by atoms with Crippen LogP contribution in [-0.4, -0.2) is 64.9 Å². The van der Waals surface area contributed by atoms with Gasteiger partial charge in [0.1, 0.15) is 5.52 Å². The summed E-state index contributed by atoms with van der Waals surface area (Å²) >= 11 is 0. The van der Waals surface area contributed by atoms with Crippen LogP contribution in [-0.2, 0) is 4.79 Å². The lowest BCUT2D eigenvalue weighted by atomic mass is 9.80. The molecule has 9 heteroatoms. The molecule has 1 aromatic carbocycles. The fourth-order valence-electron chi connectivity index (χ4n) is 4.42. The van der Waals surface area contributed by atoms with Crippen molar-refractivity contribution < 1.29 is 13.6 Å². The average molecular weight is 438 g/mol.